The number of amides is 2. The first-order valence-electron chi connectivity index (χ1n) is 11.6. The van der Waals surface area contributed by atoms with Crippen molar-refractivity contribution in [1.29, 1.82) is 0 Å². The van der Waals surface area contributed by atoms with E-state index in [1.165, 1.54) is 0 Å². The maximum absolute atomic E-state index is 13.3. The number of rotatable bonds is 8. The Balaban J connectivity index is 1.40. The Bertz CT molecular complexity index is 1640. The van der Waals surface area contributed by atoms with Gasteiger partial charge in [-0.1, -0.05) is 60.7 Å². The molecule has 0 bridgehead atoms. The minimum atomic E-state index is -0.243. The van der Waals surface area contributed by atoms with Crippen LogP contribution in [-0.4, -0.2) is 27.9 Å². The highest BCUT2D eigenvalue weighted by Gasteiger charge is 2.13. The van der Waals surface area contributed by atoms with E-state index >= 15 is 0 Å². The van der Waals surface area contributed by atoms with Gasteiger partial charge in [0.2, 0.25) is 6.41 Å². The minimum absolute atomic E-state index is 0.171. The summed E-state index contributed by atoms with van der Waals surface area (Å²) >= 11 is 0. The number of nitrogens with zero attached hydrogens (tertiary/aromatic N) is 2. The average molecular weight is 487 g/mol. The van der Waals surface area contributed by atoms with E-state index in [2.05, 4.69) is 15.7 Å². The topological polar surface area (TPSA) is 93.1 Å². The van der Waals surface area contributed by atoms with Crippen LogP contribution in [0.5, 0.6) is 0 Å². The Morgan fingerprint density at radius 2 is 1.54 bits per heavy atom. The van der Waals surface area contributed by atoms with Gasteiger partial charge in [0.05, 0.1) is 11.7 Å². The third-order valence-corrected chi connectivity index (χ3v) is 5.85. The molecule has 0 atom stereocenters. The fourth-order valence-corrected chi connectivity index (χ4v) is 3.98. The number of ketones is 1. The second-order valence-corrected chi connectivity index (χ2v) is 8.26. The molecule has 0 aliphatic heterocycles. The predicted octanol–water partition coefficient (Wildman–Crippen LogP) is 5.72. The number of carbonyl (C=O) groups is 3. The third-order valence-electron chi connectivity index (χ3n) is 5.85. The van der Waals surface area contributed by atoms with Gasteiger partial charge < -0.3 is 10.6 Å². The number of fused-ring (bicyclic) bond motifs is 1. The summed E-state index contributed by atoms with van der Waals surface area (Å²) in [5.74, 6) is -0.415. The van der Waals surface area contributed by atoms with Crippen LogP contribution in [0, 0.1) is 0 Å². The van der Waals surface area contributed by atoms with E-state index in [1.807, 2.05) is 42.5 Å². The maximum Gasteiger partial charge on any atom is 0.255 e. The quantitative estimate of drug-likeness (QED) is 0.217. The van der Waals surface area contributed by atoms with Crippen LogP contribution in [0.1, 0.15) is 31.8 Å². The molecule has 1 heterocycles. The van der Waals surface area contributed by atoms with Gasteiger partial charge in [0, 0.05) is 39.7 Å². The van der Waals surface area contributed by atoms with Crippen molar-refractivity contribution in [2.45, 2.75) is 0 Å². The summed E-state index contributed by atoms with van der Waals surface area (Å²) in [5.41, 5.74) is 4.29. The summed E-state index contributed by atoms with van der Waals surface area (Å²) in [6, 6.07) is 28.6. The van der Waals surface area contributed by atoms with Gasteiger partial charge in [-0.3, -0.25) is 14.4 Å². The molecule has 1 aromatic heterocycles. The van der Waals surface area contributed by atoms with Crippen LogP contribution >= 0.6 is 0 Å². The molecule has 0 radical (unpaired) electrons. The first-order valence-corrected chi connectivity index (χ1v) is 11.6. The molecule has 180 valence electrons. The van der Waals surface area contributed by atoms with E-state index in [4.69, 9.17) is 0 Å². The monoisotopic (exact) mass is 486 g/mol. The van der Waals surface area contributed by atoms with Gasteiger partial charge in [-0.05, 0) is 48.0 Å². The highest BCUT2D eigenvalue weighted by molar-refractivity contribution is 6.11. The third kappa shape index (κ3) is 5.21. The lowest BCUT2D eigenvalue weighted by Gasteiger charge is -2.08. The van der Waals surface area contributed by atoms with E-state index < -0.39 is 0 Å². The second kappa shape index (κ2) is 10.5. The SMILES string of the molecule is O=CNc1ccccc1C=Cn1ncc2ccc(C(=O)c3cccc(NC(=O)c4ccccc4)c3)cc21. The highest BCUT2D eigenvalue weighted by atomic mass is 16.1. The van der Waals surface area contributed by atoms with Crippen molar-refractivity contribution in [3.8, 4) is 0 Å². The average Bonchev–Trinajstić information content (AvgIpc) is 3.35. The van der Waals surface area contributed by atoms with Crippen LogP contribution < -0.4 is 10.6 Å². The fourth-order valence-electron chi connectivity index (χ4n) is 3.98. The Morgan fingerprint density at radius 1 is 0.784 bits per heavy atom. The van der Waals surface area contributed by atoms with Crippen LogP contribution in [-0.2, 0) is 4.79 Å². The molecule has 7 nitrogen and oxygen atoms in total. The van der Waals surface area contributed by atoms with E-state index in [1.54, 1.807) is 77.7 Å². The predicted molar refractivity (Wildman–Crippen MR) is 145 cm³/mol. The van der Waals surface area contributed by atoms with Crippen LogP contribution in [0.3, 0.4) is 0 Å². The van der Waals surface area contributed by atoms with Crippen molar-refractivity contribution in [3.05, 3.63) is 126 Å². The number of nitrogens with one attached hydrogen (secondary N) is 2. The summed E-state index contributed by atoms with van der Waals surface area (Å²) in [6.07, 6.45) is 5.98. The summed E-state index contributed by atoms with van der Waals surface area (Å²) in [6.45, 7) is 0. The number of para-hydroxylation sites is 1. The zero-order valence-electron chi connectivity index (χ0n) is 19.7. The van der Waals surface area contributed by atoms with Gasteiger partial charge in [0.25, 0.3) is 5.91 Å². The second-order valence-electron chi connectivity index (χ2n) is 8.26. The molecule has 0 fully saturated rings. The van der Waals surface area contributed by atoms with Gasteiger partial charge in [-0.2, -0.15) is 5.10 Å². The first kappa shape index (κ1) is 23.4. The van der Waals surface area contributed by atoms with Crippen molar-refractivity contribution in [2.75, 3.05) is 10.6 Å². The van der Waals surface area contributed by atoms with Crippen molar-refractivity contribution < 1.29 is 14.4 Å². The molecule has 37 heavy (non-hydrogen) atoms. The number of hydrogen-bond donors (Lipinski definition) is 2. The molecule has 0 aliphatic rings. The normalized spacial score (nSPS) is 10.9. The lowest BCUT2D eigenvalue weighted by atomic mass is 10.0. The van der Waals surface area contributed by atoms with Crippen LogP contribution in [0.25, 0.3) is 23.2 Å². The number of hydrogen-bond acceptors (Lipinski definition) is 4. The summed E-state index contributed by atoms with van der Waals surface area (Å²) in [4.78, 5) is 36.7. The standard InChI is InChI=1S/C30H22N4O3/c35-20-31-27-12-5-4-7-21(27)15-16-34-28-18-24(13-14-25(28)19-32-34)29(36)23-10-6-11-26(17-23)33-30(37)22-8-2-1-3-9-22/h1-20H,(H,31,35)(H,33,37). The van der Waals surface area contributed by atoms with E-state index in [-0.39, 0.29) is 11.7 Å². The number of benzene rings is 4. The van der Waals surface area contributed by atoms with E-state index in [9.17, 15) is 14.4 Å². The van der Waals surface area contributed by atoms with Gasteiger partial charge >= 0.3 is 0 Å². The van der Waals surface area contributed by atoms with E-state index in [0.29, 0.717) is 34.5 Å². The minimum Gasteiger partial charge on any atom is -0.328 e. The van der Waals surface area contributed by atoms with Crippen LogP contribution in [0.2, 0.25) is 0 Å². The van der Waals surface area contributed by atoms with Gasteiger partial charge in [-0.15, -0.1) is 0 Å². The molecule has 2 amide bonds. The Hall–Kier alpha value is -5.30. The van der Waals surface area contributed by atoms with Gasteiger partial charge in [0.1, 0.15) is 0 Å². The molecule has 0 unspecified atom stereocenters. The number of carbonyl (C=O) groups excluding carboxylic acids is 3. The van der Waals surface area contributed by atoms with Crippen molar-refractivity contribution in [1.82, 2.24) is 9.78 Å². The van der Waals surface area contributed by atoms with Crippen molar-refractivity contribution in [2.24, 2.45) is 0 Å². The largest absolute Gasteiger partial charge is 0.328 e. The lowest BCUT2D eigenvalue weighted by Crippen LogP contribution is -2.12. The van der Waals surface area contributed by atoms with Crippen molar-refractivity contribution >= 4 is 52.7 Å². The molecular formula is C30H22N4O3. The van der Waals surface area contributed by atoms with Crippen LogP contribution in [0.15, 0.2) is 103 Å². The summed E-state index contributed by atoms with van der Waals surface area (Å²) in [5, 5.41) is 10.8. The molecule has 2 N–H and O–H groups in total. The Morgan fingerprint density at radius 3 is 2.38 bits per heavy atom. The molecule has 5 aromatic rings. The molecular weight excluding hydrogens is 464 g/mol. The summed E-state index contributed by atoms with van der Waals surface area (Å²) in [7, 11) is 0. The fraction of sp³-hybridized carbons (Fsp3) is 0. The highest BCUT2D eigenvalue weighted by Crippen LogP contribution is 2.22. The first-order chi connectivity index (χ1) is 18.1. The van der Waals surface area contributed by atoms with Gasteiger partial charge in [0.15, 0.2) is 5.78 Å². The molecule has 0 saturated carbocycles. The molecule has 0 saturated heterocycles. The summed E-state index contributed by atoms with van der Waals surface area (Å²) < 4.78 is 1.68. The van der Waals surface area contributed by atoms with E-state index in [0.717, 1.165) is 16.5 Å². The van der Waals surface area contributed by atoms with Gasteiger partial charge in [-0.25, -0.2) is 4.68 Å². The zero-order valence-corrected chi connectivity index (χ0v) is 19.7. The number of anilines is 2. The Kier molecular flexibility index (Phi) is 6.67. The Labute approximate surface area is 213 Å². The zero-order chi connectivity index (χ0) is 25.6. The smallest absolute Gasteiger partial charge is 0.255 e. The van der Waals surface area contributed by atoms with Crippen LogP contribution in [0.4, 0.5) is 11.4 Å². The molecule has 0 spiro atoms. The number of aromatic nitrogens is 2. The molecule has 0 aliphatic carbocycles. The molecule has 5 rings (SSSR count). The maximum atomic E-state index is 13.3. The molecule has 4 aromatic carbocycles. The van der Waals surface area contributed by atoms with Crippen molar-refractivity contribution in [3.63, 3.8) is 0 Å². The lowest BCUT2D eigenvalue weighted by molar-refractivity contribution is -0.105. The molecule has 7 heteroatoms.